The van der Waals surface area contributed by atoms with Gasteiger partial charge in [0.1, 0.15) is 0 Å². The highest BCUT2D eigenvalue weighted by molar-refractivity contribution is 5.03. The summed E-state index contributed by atoms with van der Waals surface area (Å²) >= 11 is 0. The van der Waals surface area contributed by atoms with Crippen LogP contribution in [0.2, 0.25) is 0 Å². The zero-order chi connectivity index (χ0) is 13.2. The maximum atomic E-state index is 3.80. The lowest BCUT2D eigenvalue weighted by molar-refractivity contribution is -0.0187. The number of rotatable bonds is 3. The van der Waals surface area contributed by atoms with Crippen molar-refractivity contribution in [2.45, 2.75) is 77.3 Å². The summed E-state index contributed by atoms with van der Waals surface area (Å²) in [4.78, 5) is 2.84. The summed E-state index contributed by atoms with van der Waals surface area (Å²) < 4.78 is 0. The van der Waals surface area contributed by atoms with Crippen molar-refractivity contribution in [2.75, 3.05) is 19.6 Å². The zero-order valence-electron chi connectivity index (χ0n) is 12.9. The standard InChI is InChI=1S/C16H32N2/c1-5-14(2)11-18-13-15(3,4)17-12-16(18)9-7-6-8-10-16/h14,17H,5-13H2,1-4H3. The van der Waals surface area contributed by atoms with Crippen LogP contribution in [0, 0.1) is 5.92 Å². The fraction of sp³-hybridized carbons (Fsp3) is 1.00. The third-order valence-corrected chi connectivity index (χ3v) is 5.17. The molecule has 1 atom stereocenters. The molecule has 0 aromatic carbocycles. The normalized spacial score (nSPS) is 29.3. The second-order valence-electron chi connectivity index (χ2n) is 7.42. The second kappa shape index (κ2) is 5.50. The van der Waals surface area contributed by atoms with Gasteiger partial charge in [-0.15, -0.1) is 0 Å². The van der Waals surface area contributed by atoms with Gasteiger partial charge in [-0.2, -0.15) is 0 Å². The summed E-state index contributed by atoms with van der Waals surface area (Å²) in [5.74, 6) is 0.831. The topological polar surface area (TPSA) is 15.3 Å². The van der Waals surface area contributed by atoms with Crippen molar-refractivity contribution in [1.82, 2.24) is 10.2 Å². The Hall–Kier alpha value is -0.0800. The first-order chi connectivity index (χ1) is 8.47. The van der Waals surface area contributed by atoms with Gasteiger partial charge in [-0.25, -0.2) is 0 Å². The Labute approximate surface area is 114 Å². The first-order valence-electron chi connectivity index (χ1n) is 7.97. The average Bonchev–Trinajstić information content (AvgIpc) is 2.35. The van der Waals surface area contributed by atoms with Crippen molar-refractivity contribution in [3.63, 3.8) is 0 Å². The van der Waals surface area contributed by atoms with Crippen molar-refractivity contribution in [2.24, 2.45) is 5.92 Å². The first kappa shape index (κ1) is 14.3. The molecule has 0 radical (unpaired) electrons. The molecule has 0 bridgehead atoms. The van der Waals surface area contributed by atoms with E-state index in [0.29, 0.717) is 5.54 Å². The van der Waals surface area contributed by atoms with Gasteiger partial charge in [-0.05, 0) is 32.6 Å². The van der Waals surface area contributed by atoms with Crippen molar-refractivity contribution < 1.29 is 0 Å². The van der Waals surface area contributed by atoms with E-state index in [1.165, 1.54) is 58.2 Å². The molecule has 1 spiro atoms. The summed E-state index contributed by atoms with van der Waals surface area (Å²) in [6, 6.07) is 0. The van der Waals surface area contributed by atoms with E-state index in [2.05, 4.69) is 37.9 Å². The zero-order valence-corrected chi connectivity index (χ0v) is 12.9. The first-order valence-corrected chi connectivity index (χ1v) is 7.97. The van der Waals surface area contributed by atoms with Gasteiger partial charge >= 0.3 is 0 Å². The number of nitrogens with one attached hydrogen (secondary N) is 1. The summed E-state index contributed by atoms with van der Waals surface area (Å²) in [5, 5.41) is 3.80. The molecule has 1 aliphatic heterocycles. The SMILES string of the molecule is CCC(C)CN1CC(C)(C)NCC12CCCCC2. The molecule has 2 fully saturated rings. The van der Waals surface area contributed by atoms with Gasteiger partial charge in [0.05, 0.1) is 0 Å². The van der Waals surface area contributed by atoms with Crippen LogP contribution in [0.4, 0.5) is 0 Å². The van der Waals surface area contributed by atoms with Crippen molar-refractivity contribution in [3.05, 3.63) is 0 Å². The number of hydrogen-bond donors (Lipinski definition) is 1. The number of nitrogens with zero attached hydrogens (tertiary/aromatic N) is 1. The van der Waals surface area contributed by atoms with Crippen molar-refractivity contribution in [1.29, 1.82) is 0 Å². The fourth-order valence-electron chi connectivity index (χ4n) is 3.68. The smallest absolute Gasteiger partial charge is 0.0335 e. The van der Waals surface area contributed by atoms with E-state index in [4.69, 9.17) is 0 Å². The lowest BCUT2D eigenvalue weighted by atomic mass is 9.76. The van der Waals surface area contributed by atoms with Crippen LogP contribution in [0.5, 0.6) is 0 Å². The highest BCUT2D eigenvalue weighted by Crippen LogP contribution is 2.37. The van der Waals surface area contributed by atoms with Crippen LogP contribution in [-0.4, -0.2) is 35.6 Å². The summed E-state index contributed by atoms with van der Waals surface area (Å²) in [7, 11) is 0. The molecule has 0 aromatic heterocycles. The minimum Gasteiger partial charge on any atom is -0.309 e. The predicted octanol–water partition coefficient (Wildman–Crippen LogP) is 3.42. The van der Waals surface area contributed by atoms with E-state index in [1.807, 2.05) is 0 Å². The van der Waals surface area contributed by atoms with E-state index >= 15 is 0 Å². The van der Waals surface area contributed by atoms with E-state index in [1.54, 1.807) is 0 Å². The van der Waals surface area contributed by atoms with Crippen LogP contribution in [0.25, 0.3) is 0 Å². The maximum absolute atomic E-state index is 3.80. The Morgan fingerprint density at radius 3 is 2.44 bits per heavy atom. The van der Waals surface area contributed by atoms with Crippen molar-refractivity contribution in [3.8, 4) is 0 Å². The Bertz CT molecular complexity index is 266. The number of piperazine rings is 1. The summed E-state index contributed by atoms with van der Waals surface area (Å²) in [6.45, 7) is 13.2. The molecule has 18 heavy (non-hydrogen) atoms. The molecule has 1 heterocycles. The average molecular weight is 252 g/mol. The van der Waals surface area contributed by atoms with Gasteiger partial charge in [0.25, 0.3) is 0 Å². The van der Waals surface area contributed by atoms with Gasteiger partial charge in [0, 0.05) is 30.7 Å². The van der Waals surface area contributed by atoms with Crippen LogP contribution in [0.3, 0.4) is 0 Å². The van der Waals surface area contributed by atoms with Crippen LogP contribution >= 0.6 is 0 Å². The van der Waals surface area contributed by atoms with E-state index < -0.39 is 0 Å². The molecule has 2 nitrogen and oxygen atoms in total. The van der Waals surface area contributed by atoms with Gasteiger partial charge in [-0.1, -0.05) is 39.5 Å². The lowest BCUT2D eigenvalue weighted by Gasteiger charge is -2.55. The molecule has 1 aliphatic carbocycles. The third-order valence-electron chi connectivity index (χ3n) is 5.17. The van der Waals surface area contributed by atoms with Crippen LogP contribution in [0.1, 0.15) is 66.2 Å². The number of hydrogen-bond acceptors (Lipinski definition) is 2. The Balaban J connectivity index is 2.10. The monoisotopic (exact) mass is 252 g/mol. The lowest BCUT2D eigenvalue weighted by Crippen LogP contribution is -2.69. The van der Waals surface area contributed by atoms with E-state index in [9.17, 15) is 0 Å². The maximum Gasteiger partial charge on any atom is 0.0335 e. The van der Waals surface area contributed by atoms with Crippen molar-refractivity contribution >= 4 is 0 Å². The Morgan fingerprint density at radius 2 is 1.83 bits per heavy atom. The molecule has 1 N–H and O–H groups in total. The summed E-state index contributed by atoms with van der Waals surface area (Å²) in [5.41, 5.74) is 0.771. The van der Waals surface area contributed by atoms with Gasteiger partial charge in [0.2, 0.25) is 0 Å². The quantitative estimate of drug-likeness (QED) is 0.828. The Morgan fingerprint density at radius 1 is 1.17 bits per heavy atom. The van der Waals surface area contributed by atoms with E-state index in [0.717, 1.165) is 5.92 Å². The highest BCUT2D eigenvalue weighted by Gasteiger charge is 2.44. The van der Waals surface area contributed by atoms with Gasteiger partial charge in [0.15, 0.2) is 0 Å². The molecule has 2 rings (SSSR count). The molecule has 1 saturated heterocycles. The second-order valence-corrected chi connectivity index (χ2v) is 7.42. The van der Waals surface area contributed by atoms with E-state index in [-0.39, 0.29) is 5.54 Å². The molecular weight excluding hydrogens is 220 g/mol. The molecular formula is C16H32N2. The van der Waals surface area contributed by atoms with Crippen LogP contribution in [-0.2, 0) is 0 Å². The van der Waals surface area contributed by atoms with Gasteiger partial charge in [-0.3, -0.25) is 4.90 Å². The molecule has 2 heteroatoms. The summed E-state index contributed by atoms with van der Waals surface area (Å²) in [6.07, 6.45) is 8.43. The third kappa shape index (κ3) is 3.08. The minimum atomic E-state index is 0.288. The predicted molar refractivity (Wildman–Crippen MR) is 78.9 cm³/mol. The minimum absolute atomic E-state index is 0.288. The van der Waals surface area contributed by atoms with Crippen LogP contribution < -0.4 is 5.32 Å². The largest absolute Gasteiger partial charge is 0.309 e. The molecule has 0 aromatic rings. The molecule has 0 amide bonds. The highest BCUT2D eigenvalue weighted by atomic mass is 15.3. The van der Waals surface area contributed by atoms with Gasteiger partial charge < -0.3 is 5.32 Å². The molecule has 1 unspecified atom stereocenters. The Kier molecular flexibility index (Phi) is 4.38. The fourth-order valence-corrected chi connectivity index (χ4v) is 3.68. The molecule has 1 saturated carbocycles. The van der Waals surface area contributed by atoms with Crippen LogP contribution in [0.15, 0.2) is 0 Å². The molecule has 2 aliphatic rings. The molecule has 106 valence electrons.